The molecule has 1 N–H and O–H groups in total. The third-order valence-corrected chi connectivity index (χ3v) is 7.66. The van der Waals surface area contributed by atoms with Crippen molar-refractivity contribution in [2.24, 2.45) is 0 Å². The Morgan fingerprint density at radius 3 is 2.08 bits per heavy atom. The van der Waals surface area contributed by atoms with E-state index in [2.05, 4.69) is 4.72 Å². The first-order valence-corrected chi connectivity index (χ1v) is 14.4. The van der Waals surface area contributed by atoms with Gasteiger partial charge in [0.15, 0.2) is 0 Å². The van der Waals surface area contributed by atoms with Gasteiger partial charge in [0.05, 0.1) is 10.4 Å². The number of hydrogen-bond acceptors (Lipinski definition) is 7. The van der Waals surface area contributed by atoms with Crippen LogP contribution in [-0.4, -0.2) is 59.8 Å². The van der Waals surface area contributed by atoms with Crippen molar-refractivity contribution in [2.45, 2.75) is 77.0 Å². The van der Waals surface area contributed by atoms with E-state index in [4.69, 9.17) is 9.47 Å². The normalized spacial score (nSPS) is 16.4. The molecule has 11 heteroatoms. The van der Waals surface area contributed by atoms with Crippen LogP contribution in [-0.2, 0) is 25.9 Å². The van der Waals surface area contributed by atoms with E-state index in [9.17, 15) is 22.8 Å². The van der Waals surface area contributed by atoms with Crippen molar-refractivity contribution in [2.75, 3.05) is 6.54 Å². The van der Waals surface area contributed by atoms with E-state index in [0.29, 0.717) is 16.5 Å². The molecule has 40 heavy (non-hydrogen) atoms. The summed E-state index contributed by atoms with van der Waals surface area (Å²) in [5.41, 5.74) is -0.134. The minimum atomic E-state index is -4.02. The summed E-state index contributed by atoms with van der Waals surface area (Å²) in [5.74, 6) is -0.789. The number of fused-ring (bicyclic) bond motifs is 3. The van der Waals surface area contributed by atoms with E-state index in [1.165, 1.54) is 12.1 Å². The zero-order valence-electron chi connectivity index (χ0n) is 23.8. The van der Waals surface area contributed by atoms with Gasteiger partial charge in [0.2, 0.25) is 10.0 Å². The number of carbonyl (C=O) groups is 3. The van der Waals surface area contributed by atoms with E-state index in [0.717, 1.165) is 15.0 Å². The molecule has 2 aromatic carbocycles. The van der Waals surface area contributed by atoms with Crippen LogP contribution < -0.4 is 4.72 Å². The molecule has 2 heterocycles. The second kappa shape index (κ2) is 10.4. The highest BCUT2D eigenvalue weighted by Gasteiger charge is 2.40. The zero-order valence-corrected chi connectivity index (χ0v) is 24.6. The van der Waals surface area contributed by atoms with Gasteiger partial charge in [-0.3, -0.25) is 4.79 Å². The van der Waals surface area contributed by atoms with Crippen molar-refractivity contribution in [3.05, 3.63) is 65.4 Å². The van der Waals surface area contributed by atoms with Gasteiger partial charge in [-0.25, -0.2) is 32.2 Å². The molecule has 1 aromatic heterocycles. The molecular weight excluding hydrogens is 534 g/mol. The van der Waals surface area contributed by atoms with Crippen molar-refractivity contribution >= 4 is 39.0 Å². The molecule has 0 saturated heterocycles. The Hall–Kier alpha value is -3.70. The minimum Gasteiger partial charge on any atom is -0.443 e. The average molecular weight is 570 g/mol. The number of aromatic nitrogens is 1. The zero-order chi connectivity index (χ0) is 29.6. The molecule has 0 radical (unpaired) electrons. The van der Waals surface area contributed by atoms with Crippen molar-refractivity contribution in [3.63, 3.8) is 0 Å². The Labute approximate surface area is 234 Å². The van der Waals surface area contributed by atoms with Gasteiger partial charge in [0, 0.05) is 18.0 Å². The van der Waals surface area contributed by atoms with E-state index in [-0.39, 0.29) is 23.6 Å². The molecular formula is C29H35N3O7S. The van der Waals surface area contributed by atoms with Gasteiger partial charge in [-0.15, -0.1) is 0 Å². The predicted molar refractivity (Wildman–Crippen MR) is 150 cm³/mol. The summed E-state index contributed by atoms with van der Waals surface area (Å²) in [6, 6.07) is 12.3. The van der Waals surface area contributed by atoms with Crippen molar-refractivity contribution in [3.8, 4) is 0 Å². The molecule has 214 valence electrons. The first-order chi connectivity index (χ1) is 18.5. The van der Waals surface area contributed by atoms with Crippen LogP contribution >= 0.6 is 0 Å². The highest BCUT2D eigenvalue weighted by Crippen LogP contribution is 2.32. The highest BCUT2D eigenvalue weighted by molar-refractivity contribution is 7.89. The summed E-state index contributed by atoms with van der Waals surface area (Å²) < 4.78 is 41.7. The molecule has 3 aromatic rings. The smallest absolute Gasteiger partial charge is 0.419 e. The molecule has 10 nitrogen and oxygen atoms in total. The first kappa shape index (κ1) is 29.3. The summed E-state index contributed by atoms with van der Waals surface area (Å²) >= 11 is 0. The van der Waals surface area contributed by atoms with Crippen molar-refractivity contribution in [1.29, 1.82) is 0 Å². The number of rotatable bonds is 3. The number of ether oxygens (including phenoxy) is 2. The SMILES string of the molecule is Cc1ccc(S(=O)(=O)NC2Cc3c(n(C(=O)OC(C)(C)C)c4ccccc34)C(=O)N(C(=O)OC(C)(C)C)C2)cc1. The third kappa shape index (κ3) is 6.20. The first-order valence-electron chi connectivity index (χ1n) is 13.0. The van der Waals surface area contributed by atoms with E-state index in [1.807, 2.05) is 6.92 Å². The number of carbonyl (C=O) groups excluding carboxylic acids is 3. The molecule has 0 bridgehead atoms. The molecule has 0 saturated carbocycles. The van der Waals surface area contributed by atoms with Crippen LogP contribution in [0.1, 0.15) is 63.2 Å². The van der Waals surface area contributed by atoms with Crippen LogP contribution in [0.2, 0.25) is 0 Å². The van der Waals surface area contributed by atoms with E-state index < -0.39 is 45.4 Å². The molecule has 4 rings (SSSR count). The number of para-hydroxylation sites is 1. The van der Waals surface area contributed by atoms with Gasteiger partial charge in [-0.2, -0.15) is 0 Å². The van der Waals surface area contributed by atoms with E-state index in [1.54, 1.807) is 77.9 Å². The fourth-order valence-corrected chi connectivity index (χ4v) is 5.76. The number of sulfonamides is 1. The maximum atomic E-state index is 14.1. The fraction of sp³-hybridized carbons (Fsp3) is 0.414. The number of hydrogen-bond donors (Lipinski definition) is 1. The Morgan fingerprint density at radius 2 is 1.48 bits per heavy atom. The summed E-state index contributed by atoms with van der Waals surface area (Å²) in [5, 5.41) is 0.572. The number of imide groups is 1. The Kier molecular flexibility index (Phi) is 7.59. The Morgan fingerprint density at radius 1 is 0.900 bits per heavy atom. The van der Waals surface area contributed by atoms with Crippen LogP contribution in [0.3, 0.4) is 0 Å². The van der Waals surface area contributed by atoms with Crippen molar-refractivity contribution < 1.29 is 32.3 Å². The Balaban J connectivity index is 1.88. The average Bonchev–Trinajstić information content (AvgIpc) is 3.06. The quantitative estimate of drug-likeness (QED) is 0.470. The number of amides is 2. The van der Waals surface area contributed by atoms with Gasteiger partial charge < -0.3 is 9.47 Å². The maximum absolute atomic E-state index is 14.1. The van der Waals surface area contributed by atoms with Crippen LogP contribution in [0.5, 0.6) is 0 Å². The van der Waals surface area contributed by atoms with Crippen LogP contribution in [0.15, 0.2) is 53.4 Å². The molecule has 0 fully saturated rings. The molecule has 2 amide bonds. The van der Waals surface area contributed by atoms with Crippen LogP contribution in [0, 0.1) is 6.92 Å². The monoisotopic (exact) mass is 569 g/mol. The van der Waals surface area contributed by atoms with Crippen LogP contribution in [0.25, 0.3) is 10.9 Å². The Bertz CT molecular complexity index is 1580. The van der Waals surface area contributed by atoms with Crippen molar-refractivity contribution in [1.82, 2.24) is 14.2 Å². The highest BCUT2D eigenvalue weighted by atomic mass is 32.2. The summed E-state index contributed by atoms with van der Waals surface area (Å²) in [6.07, 6.45) is -1.71. The maximum Gasteiger partial charge on any atom is 0.419 e. The number of nitrogens with one attached hydrogen (secondary N) is 1. The lowest BCUT2D eigenvalue weighted by Gasteiger charge is -2.28. The van der Waals surface area contributed by atoms with Gasteiger partial charge in [-0.1, -0.05) is 35.9 Å². The molecule has 0 spiro atoms. The van der Waals surface area contributed by atoms with Gasteiger partial charge in [0.1, 0.15) is 16.9 Å². The third-order valence-electron chi connectivity index (χ3n) is 6.12. The van der Waals surface area contributed by atoms with Gasteiger partial charge in [0.25, 0.3) is 5.91 Å². The molecule has 1 unspecified atom stereocenters. The van der Waals surface area contributed by atoms with Crippen LogP contribution in [0.4, 0.5) is 9.59 Å². The molecule has 1 atom stereocenters. The number of aryl methyl sites for hydroxylation is 1. The minimum absolute atomic E-state index is 0.0295. The van der Waals surface area contributed by atoms with Gasteiger partial charge in [-0.05, 0) is 78.6 Å². The lowest BCUT2D eigenvalue weighted by atomic mass is 10.0. The topological polar surface area (TPSA) is 124 Å². The lowest BCUT2D eigenvalue weighted by Crippen LogP contribution is -2.49. The largest absolute Gasteiger partial charge is 0.443 e. The fourth-order valence-electron chi connectivity index (χ4n) is 4.54. The standard InChI is InChI=1S/C29H35N3O7S/c1-18-12-14-20(15-13-18)40(36,37)30-19-16-22-21-10-8-9-11-23(21)32(27(35)39-29(5,6)7)24(22)25(33)31(17-19)26(34)38-28(2,3)4/h8-15,19,30H,16-17H2,1-7H3. The molecule has 1 aliphatic rings. The number of benzene rings is 2. The summed E-state index contributed by atoms with van der Waals surface area (Å²) in [7, 11) is -4.02. The summed E-state index contributed by atoms with van der Waals surface area (Å²) in [4.78, 5) is 41.7. The molecule has 0 aliphatic carbocycles. The molecule has 1 aliphatic heterocycles. The lowest BCUT2D eigenvalue weighted by molar-refractivity contribution is 0.0225. The second-order valence-corrected chi connectivity index (χ2v) is 13.6. The number of nitrogens with zero attached hydrogens (tertiary/aromatic N) is 2. The predicted octanol–water partition coefficient (Wildman–Crippen LogP) is 5.01. The second-order valence-electron chi connectivity index (χ2n) is 11.9. The summed E-state index contributed by atoms with van der Waals surface area (Å²) in [6.45, 7) is 11.6. The van der Waals surface area contributed by atoms with Gasteiger partial charge >= 0.3 is 12.2 Å². The van der Waals surface area contributed by atoms with E-state index >= 15 is 0 Å².